The molecule has 1 aromatic carbocycles. The van der Waals surface area contributed by atoms with Gasteiger partial charge in [0.1, 0.15) is 12.4 Å². The summed E-state index contributed by atoms with van der Waals surface area (Å²) < 4.78 is 5.76. The number of hydrogen-bond acceptors (Lipinski definition) is 2. The van der Waals surface area contributed by atoms with Gasteiger partial charge in [0.15, 0.2) is 5.78 Å². The molecule has 0 amide bonds. The van der Waals surface area contributed by atoms with Crippen LogP contribution in [-0.2, 0) is 4.79 Å². The summed E-state index contributed by atoms with van der Waals surface area (Å²) >= 11 is 0. The lowest BCUT2D eigenvalue weighted by atomic mass is 9.48. The first-order valence-corrected chi connectivity index (χ1v) is 8.36. The first-order valence-electron chi connectivity index (χ1n) is 8.36. The van der Waals surface area contributed by atoms with Crippen molar-refractivity contribution in [2.75, 3.05) is 6.61 Å². The Morgan fingerprint density at radius 1 is 1.05 bits per heavy atom. The Morgan fingerprint density at radius 2 is 1.57 bits per heavy atom. The number of ketones is 1. The quantitative estimate of drug-likeness (QED) is 0.830. The highest BCUT2D eigenvalue weighted by Gasteiger charge is 2.54. The van der Waals surface area contributed by atoms with E-state index in [-0.39, 0.29) is 12.0 Å². The predicted molar refractivity (Wildman–Crippen MR) is 82.3 cm³/mol. The lowest BCUT2D eigenvalue weighted by Gasteiger charge is -2.55. The monoisotopic (exact) mass is 284 g/mol. The Bertz CT molecular complexity index is 508. The van der Waals surface area contributed by atoms with Gasteiger partial charge in [0.2, 0.25) is 0 Å². The fraction of sp³-hybridized carbons (Fsp3) is 0.632. The molecule has 0 spiro atoms. The van der Waals surface area contributed by atoms with E-state index in [2.05, 4.69) is 6.92 Å². The molecule has 0 atom stereocenters. The average molecular weight is 284 g/mol. The van der Waals surface area contributed by atoms with Crippen molar-refractivity contribution in [2.24, 2.45) is 23.2 Å². The van der Waals surface area contributed by atoms with E-state index in [0.29, 0.717) is 5.78 Å². The van der Waals surface area contributed by atoms with E-state index in [1.54, 1.807) is 0 Å². The topological polar surface area (TPSA) is 26.3 Å². The molecule has 4 bridgehead atoms. The highest BCUT2D eigenvalue weighted by molar-refractivity contribution is 5.86. The van der Waals surface area contributed by atoms with Gasteiger partial charge in [0.05, 0.1) is 0 Å². The molecule has 4 aliphatic rings. The fourth-order valence-corrected chi connectivity index (χ4v) is 5.39. The van der Waals surface area contributed by atoms with Gasteiger partial charge in [-0.3, -0.25) is 4.79 Å². The molecule has 21 heavy (non-hydrogen) atoms. The molecule has 0 aromatic heterocycles. The van der Waals surface area contributed by atoms with Crippen LogP contribution in [-0.4, -0.2) is 12.4 Å². The minimum absolute atomic E-state index is 0.0283. The third kappa shape index (κ3) is 2.39. The SMILES string of the molecule is Cc1ccc(OCC(=O)C23CC4CC(CC(C4)C2)C3)cc1. The molecule has 4 fully saturated rings. The third-order valence-corrected chi connectivity index (χ3v) is 6.02. The molecule has 0 aliphatic heterocycles. The van der Waals surface area contributed by atoms with Crippen LogP contribution in [0.2, 0.25) is 0 Å². The number of ether oxygens (including phenoxy) is 1. The van der Waals surface area contributed by atoms with Gasteiger partial charge in [-0.2, -0.15) is 0 Å². The van der Waals surface area contributed by atoms with Crippen molar-refractivity contribution in [3.05, 3.63) is 29.8 Å². The van der Waals surface area contributed by atoms with E-state index in [1.165, 1.54) is 24.8 Å². The summed E-state index contributed by atoms with van der Waals surface area (Å²) in [5, 5.41) is 0. The Hall–Kier alpha value is -1.31. The molecule has 0 saturated heterocycles. The lowest BCUT2D eigenvalue weighted by molar-refractivity contribution is -0.145. The van der Waals surface area contributed by atoms with Gasteiger partial charge < -0.3 is 4.74 Å². The summed E-state index contributed by atoms with van der Waals surface area (Å²) in [6, 6.07) is 7.99. The number of carbonyl (C=O) groups excluding carboxylic acids is 1. The second-order valence-electron chi connectivity index (χ2n) is 7.72. The van der Waals surface area contributed by atoms with Crippen LogP contribution < -0.4 is 4.74 Å². The lowest BCUT2D eigenvalue weighted by Crippen LogP contribution is -2.51. The van der Waals surface area contributed by atoms with Gasteiger partial charge in [-0.25, -0.2) is 0 Å². The minimum atomic E-state index is -0.0283. The maximum atomic E-state index is 12.8. The van der Waals surface area contributed by atoms with E-state index in [9.17, 15) is 4.79 Å². The molecule has 112 valence electrons. The Kier molecular flexibility index (Phi) is 3.09. The molecular weight excluding hydrogens is 260 g/mol. The van der Waals surface area contributed by atoms with E-state index < -0.39 is 0 Å². The molecule has 1 aromatic rings. The van der Waals surface area contributed by atoms with Crippen molar-refractivity contribution in [3.8, 4) is 5.75 Å². The molecule has 4 aliphatic carbocycles. The molecule has 2 heteroatoms. The molecular formula is C19H24O2. The Labute approximate surface area is 126 Å². The maximum Gasteiger partial charge on any atom is 0.176 e. The summed E-state index contributed by atoms with van der Waals surface area (Å²) in [6.45, 7) is 2.32. The van der Waals surface area contributed by atoms with Crippen LogP contribution in [0.25, 0.3) is 0 Å². The van der Waals surface area contributed by atoms with Crippen LogP contribution >= 0.6 is 0 Å². The number of aryl methyl sites for hydroxylation is 1. The summed E-state index contributed by atoms with van der Waals surface area (Å²) in [7, 11) is 0. The third-order valence-electron chi connectivity index (χ3n) is 6.02. The van der Waals surface area contributed by atoms with Gasteiger partial charge in [0, 0.05) is 5.41 Å². The molecule has 5 rings (SSSR count). The van der Waals surface area contributed by atoms with Crippen molar-refractivity contribution < 1.29 is 9.53 Å². The largest absolute Gasteiger partial charge is 0.486 e. The molecule has 0 heterocycles. The van der Waals surface area contributed by atoms with Crippen molar-refractivity contribution in [3.63, 3.8) is 0 Å². The molecule has 0 N–H and O–H groups in total. The van der Waals surface area contributed by atoms with Crippen LogP contribution in [0.4, 0.5) is 0 Å². The van der Waals surface area contributed by atoms with Gasteiger partial charge >= 0.3 is 0 Å². The van der Waals surface area contributed by atoms with Crippen molar-refractivity contribution in [1.29, 1.82) is 0 Å². The second-order valence-corrected chi connectivity index (χ2v) is 7.72. The number of hydrogen-bond donors (Lipinski definition) is 0. The molecule has 4 saturated carbocycles. The van der Waals surface area contributed by atoms with E-state index in [4.69, 9.17) is 4.74 Å². The average Bonchev–Trinajstić information content (AvgIpc) is 2.45. The molecule has 0 unspecified atom stereocenters. The summed E-state index contributed by atoms with van der Waals surface area (Å²) in [4.78, 5) is 12.8. The first kappa shape index (κ1) is 13.4. The van der Waals surface area contributed by atoms with E-state index in [1.807, 2.05) is 24.3 Å². The van der Waals surface area contributed by atoms with E-state index >= 15 is 0 Å². The fourth-order valence-electron chi connectivity index (χ4n) is 5.39. The molecule has 0 radical (unpaired) electrons. The van der Waals surface area contributed by atoms with Crippen LogP contribution in [0.3, 0.4) is 0 Å². The standard InChI is InChI=1S/C19H24O2/c1-13-2-4-17(5-3-13)21-12-18(20)19-9-14-6-15(10-19)8-16(7-14)11-19/h2-5,14-16H,6-12H2,1H3. The first-order chi connectivity index (χ1) is 10.1. The normalized spacial score (nSPS) is 36.7. The van der Waals surface area contributed by atoms with Gasteiger partial charge in [-0.1, -0.05) is 17.7 Å². The van der Waals surface area contributed by atoms with Crippen molar-refractivity contribution >= 4 is 5.78 Å². The van der Waals surface area contributed by atoms with Crippen molar-refractivity contribution in [2.45, 2.75) is 45.4 Å². The zero-order valence-electron chi connectivity index (χ0n) is 12.8. The summed E-state index contributed by atoms with van der Waals surface area (Å²) in [5.74, 6) is 3.64. The van der Waals surface area contributed by atoms with Gasteiger partial charge in [-0.05, 0) is 75.3 Å². The highest BCUT2D eigenvalue weighted by atomic mass is 16.5. The molecule has 2 nitrogen and oxygen atoms in total. The van der Waals surface area contributed by atoms with Crippen LogP contribution in [0.5, 0.6) is 5.75 Å². The Morgan fingerprint density at radius 3 is 2.10 bits per heavy atom. The number of rotatable bonds is 4. The van der Waals surface area contributed by atoms with Gasteiger partial charge in [0.25, 0.3) is 0 Å². The minimum Gasteiger partial charge on any atom is -0.486 e. The second kappa shape index (κ2) is 4.86. The zero-order chi connectivity index (χ0) is 14.4. The van der Waals surface area contributed by atoms with Crippen LogP contribution in [0.15, 0.2) is 24.3 Å². The summed E-state index contributed by atoms with van der Waals surface area (Å²) in [6.07, 6.45) is 7.54. The number of carbonyl (C=O) groups is 1. The number of benzene rings is 1. The zero-order valence-corrected chi connectivity index (χ0v) is 12.8. The van der Waals surface area contributed by atoms with E-state index in [0.717, 1.165) is 42.8 Å². The van der Waals surface area contributed by atoms with Gasteiger partial charge in [-0.15, -0.1) is 0 Å². The van der Waals surface area contributed by atoms with Crippen molar-refractivity contribution in [1.82, 2.24) is 0 Å². The summed E-state index contributed by atoms with van der Waals surface area (Å²) in [5.41, 5.74) is 1.19. The highest BCUT2D eigenvalue weighted by Crippen LogP contribution is 2.60. The maximum absolute atomic E-state index is 12.8. The Balaban J connectivity index is 1.44. The number of Topliss-reactive ketones (excluding diaryl/α,β-unsaturated/α-hetero) is 1. The smallest absolute Gasteiger partial charge is 0.176 e. The predicted octanol–water partition coefficient (Wildman–Crippen LogP) is 4.16. The van der Waals surface area contributed by atoms with Crippen LogP contribution in [0, 0.1) is 30.1 Å². The van der Waals surface area contributed by atoms with Crippen LogP contribution in [0.1, 0.15) is 44.1 Å².